The smallest absolute Gasteiger partial charge is 0.0130 e. The van der Waals surface area contributed by atoms with Gasteiger partial charge in [-0.25, -0.2) is 0 Å². The number of hydrogen-bond donors (Lipinski definition) is 0. The third-order valence-electron chi connectivity index (χ3n) is 4.54. The molecule has 88 valence electrons. The fourth-order valence-corrected chi connectivity index (χ4v) is 3.92. The van der Waals surface area contributed by atoms with Crippen molar-refractivity contribution in [3.63, 3.8) is 0 Å². The molecule has 0 radical (unpaired) electrons. The van der Waals surface area contributed by atoms with E-state index in [2.05, 4.69) is 32.6 Å². The highest BCUT2D eigenvalue weighted by Gasteiger charge is 2.43. The maximum atomic E-state index is 2.84. The largest absolute Gasteiger partial charge is 0.295 e. The van der Waals surface area contributed by atoms with Gasteiger partial charge in [0.2, 0.25) is 0 Å². The van der Waals surface area contributed by atoms with Gasteiger partial charge in [-0.2, -0.15) is 0 Å². The highest BCUT2D eigenvalue weighted by atomic mass is 15.2. The minimum absolute atomic E-state index is 0.741. The first-order valence-corrected chi connectivity index (χ1v) is 6.88. The Morgan fingerprint density at radius 3 is 2.27 bits per heavy atom. The zero-order valence-corrected chi connectivity index (χ0v) is 10.9. The topological polar surface area (TPSA) is 3.24 Å². The van der Waals surface area contributed by atoms with Gasteiger partial charge in [-0.1, -0.05) is 26.7 Å². The summed E-state index contributed by atoms with van der Waals surface area (Å²) in [5.41, 5.74) is 0. The lowest BCUT2D eigenvalue weighted by molar-refractivity contribution is 0.0958. The van der Waals surface area contributed by atoms with Crippen molar-refractivity contribution < 1.29 is 0 Å². The molecule has 3 atom stereocenters. The van der Waals surface area contributed by atoms with Gasteiger partial charge in [0.25, 0.3) is 0 Å². The van der Waals surface area contributed by atoms with E-state index < -0.39 is 0 Å². The Kier molecular flexibility index (Phi) is 3.39. The van der Waals surface area contributed by atoms with Crippen LogP contribution in [0.15, 0.2) is 0 Å². The van der Waals surface area contributed by atoms with Gasteiger partial charge in [-0.05, 0) is 44.9 Å². The summed E-state index contributed by atoms with van der Waals surface area (Å²) in [6, 6.07) is 2.52. The Balaban J connectivity index is 2.14. The molecule has 0 N–H and O–H groups in total. The van der Waals surface area contributed by atoms with Crippen molar-refractivity contribution in [1.82, 2.24) is 4.90 Å². The van der Waals surface area contributed by atoms with Crippen LogP contribution >= 0.6 is 0 Å². The van der Waals surface area contributed by atoms with Gasteiger partial charge < -0.3 is 0 Å². The molecule has 15 heavy (non-hydrogen) atoms. The summed E-state index contributed by atoms with van der Waals surface area (Å²) in [5, 5.41) is 0. The monoisotopic (exact) mass is 209 g/mol. The van der Waals surface area contributed by atoms with Crippen LogP contribution in [-0.4, -0.2) is 23.0 Å². The van der Waals surface area contributed by atoms with Gasteiger partial charge in [0, 0.05) is 18.1 Å². The van der Waals surface area contributed by atoms with Crippen molar-refractivity contribution in [1.29, 1.82) is 0 Å². The second kappa shape index (κ2) is 4.45. The van der Waals surface area contributed by atoms with Crippen LogP contribution in [0.2, 0.25) is 0 Å². The van der Waals surface area contributed by atoms with Gasteiger partial charge in [0.15, 0.2) is 0 Å². The van der Waals surface area contributed by atoms with Crippen LogP contribution < -0.4 is 0 Å². The number of hydrogen-bond acceptors (Lipinski definition) is 1. The van der Waals surface area contributed by atoms with Gasteiger partial charge in [-0.3, -0.25) is 4.90 Å². The highest BCUT2D eigenvalue weighted by Crippen LogP contribution is 2.42. The van der Waals surface area contributed by atoms with Crippen molar-refractivity contribution >= 4 is 0 Å². The first kappa shape index (κ1) is 11.4. The molecular formula is C14H27N. The van der Waals surface area contributed by atoms with Gasteiger partial charge in [0.05, 0.1) is 0 Å². The van der Waals surface area contributed by atoms with Gasteiger partial charge in [-0.15, -0.1) is 0 Å². The fourth-order valence-electron chi connectivity index (χ4n) is 3.92. The summed E-state index contributed by atoms with van der Waals surface area (Å²) in [6.07, 6.45) is 7.39. The van der Waals surface area contributed by atoms with Crippen LogP contribution in [0.1, 0.15) is 59.8 Å². The molecule has 2 fully saturated rings. The van der Waals surface area contributed by atoms with E-state index in [9.17, 15) is 0 Å². The number of nitrogens with zero attached hydrogens (tertiary/aromatic N) is 1. The summed E-state index contributed by atoms with van der Waals surface area (Å²) in [6.45, 7) is 9.56. The molecule has 0 aromatic carbocycles. The standard InChI is InChI=1S/C14H27N/c1-10(2)14-9-12-7-5-6-8-13(12)15(14)11(3)4/h10-14H,5-9H2,1-4H3/t12-,13-,14-/m0/s1. The van der Waals surface area contributed by atoms with Crippen LogP contribution in [0, 0.1) is 11.8 Å². The molecule has 0 amide bonds. The average molecular weight is 209 g/mol. The molecular weight excluding hydrogens is 182 g/mol. The molecule has 1 saturated carbocycles. The number of likely N-dealkylation sites (tertiary alicyclic amines) is 1. The minimum atomic E-state index is 0.741. The molecule has 2 aliphatic rings. The van der Waals surface area contributed by atoms with Crippen LogP contribution in [0.5, 0.6) is 0 Å². The van der Waals surface area contributed by atoms with Crippen LogP contribution in [-0.2, 0) is 0 Å². The first-order chi connectivity index (χ1) is 7.11. The van der Waals surface area contributed by atoms with Crippen LogP contribution in [0.3, 0.4) is 0 Å². The molecule has 0 bridgehead atoms. The Morgan fingerprint density at radius 2 is 1.67 bits per heavy atom. The maximum Gasteiger partial charge on any atom is 0.0130 e. The molecule has 0 aromatic heterocycles. The third-order valence-corrected chi connectivity index (χ3v) is 4.54. The Bertz CT molecular complexity index is 207. The lowest BCUT2D eigenvalue weighted by atomic mass is 9.84. The molecule has 0 spiro atoms. The minimum Gasteiger partial charge on any atom is -0.295 e. The van der Waals surface area contributed by atoms with E-state index in [1.807, 2.05) is 0 Å². The van der Waals surface area contributed by atoms with E-state index in [1.54, 1.807) is 0 Å². The normalized spacial score (nSPS) is 37.6. The van der Waals surface area contributed by atoms with Crippen molar-refractivity contribution in [3.05, 3.63) is 0 Å². The molecule has 0 aromatic rings. The fraction of sp³-hybridized carbons (Fsp3) is 1.00. The average Bonchev–Trinajstić information content (AvgIpc) is 2.56. The van der Waals surface area contributed by atoms with E-state index in [1.165, 1.54) is 32.1 Å². The Morgan fingerprint density at radius 1 is 1.00 bits per heavy atom. The predicted molar refractivity (Wildman–Crippen MR) is 66.0 cm³/mol. The van der Waals surface area contributed by atoms with E-state index >= 15 is 0 Å². The van der Waals surface area contributed by atoms with Crippen molar-refractivity contribution in [2.24, 2.45) is 11.8 Å². The summed E-state index contributed by atoms with van der Waals surface area (Å²) in [4.78, 5) is 2.84. The van der Waals surface area contributed by atoms with Gasteiger partial charge in [0.1, 0.15) is 0 Å². The van der Waals surface area contributed by atoms with Crippen molar-refractivity contribution in [2.45, 2.75) is 77.9 Å². The van der Waals surface area contributed by atoms with E-state index in [4.69, 9.17) is 0 Å². The van der Waals surface area contributed by atoms with Crippen molar-refractivity contribution in [2.75, 3.05) is 0 Å². The Hall–Kier alpha value is -0.0400. The number of rotatable bonds is 2. The molecule has 1 heterocycles. The first-order valence-electron chi connectivity index (χ1n) is 6.88. The second-order valence-corrected chi connectivity index (χ2v) is 6.20. The molecule has 1 nitrogen and oxygen atoms in total. The lowest BCUT2D eigenvalue weighted by Crippen LogP contribution is -2.45. The maximum absolute atomic E-state index is 2.84. The molecule has 1 saturated heterocycles. The van der Waals surface area contributed by atoms with Crippen molar-refractivity contribution in [3.8, 4) is 0 Å². The van der Waals surface area contributed by atoms with Crippen LogP contribution in [0.4, 0.5) is 0 Å². The second-order valence-electron chi connectivity index (χ2n) is 6.20. The number of fused-ring (bicyclic) bond motifs is 1. The molecule has 1 aliphatic heterocycles. The zero-order chi connectivity index (χ0) is 11.0. The van der Waals surface area contributed by atoms with E-state index in [0.29, 0.717) is 0 Å². The predicted octanol–water partition coefficient (Wildman–Crippen LogP) is 3.68. The highest BCUT2D eigenvalue weighted by molar-refractivity contribution is 4.97. The van der Waals surface area contributed by atoms with Gasteiger partial charge >= 0.3 is 0 Å². The summed E-state index contributed by atoms with van der Waals surface area (Å²) >= 11 is 0. The lowest BCUT2D eigenvalue weighted by Gasteiger charge is -2.38. The third kappa shape index (κ3) is 2.08. The SMILES string of the molecule is CC(C)[C@@H]1C[C@@H]2CCCC[C@@H]2N1C(C)C. The van der Waals surface area contributed by atoms with E-state index in [0.717, 1.165) is 30.0 Å². The molecule has 1 heteroatoms. The summed E-state index contributed by atoms with van der Waals surface area (Å²) in [5.74, 6) is 1.85. The summed E-state index contributed by atoms with van der Waals surface area (Å²) in [7, 11) is 0. The van der Waals surface area contributed by atoms with Crippen LogP contribution in [0.25, 0.3) is 0 Å². The Labute approximate surface area is 95.2 Å². The zero-order valence-electron chi connectivity index (χ0n) is 10.9. The van der Waals surface area contributed by atoms with E-state index in [-0.39, 0.29) is 0 Å². The molecule has 2 rings (SSSR count). The summed E-state index contributed by atoms with van der Waals surface area (Å²) < 4.78 is 0. The quantitative estimate of drug-likeness (QED) is 0.670. The molecule has 0 unspecified atom stereocenters. The molecule has 1 aliphatic carbocycles.